The predicted octanol–water partition coefficient (Wildman–Crippen LogP) is 2.34. The summed E-state index contributed by atoms with van der Waals surface area (Å²) in [5, 5.41) is 3.27. The largest absolute Gasteiger partial charge is 0.486 e. The lowest BCUT2D eigenvalue weighted by Crippen LogP contribution is -2.45. The van der Waals surface area contributed by atoms with Gasteiger partial charge in [0.15, 0.2) is 9.84 Å². The third kappa shape index (κ3) is 5.37. The number of nitrogens with one attached hydrogen (secondary N) is 1. The third-order valence-electron chi connectivity index (χ3n) is 6.30. The second-order valence-electron chi connectivity index (χ2n) is 8.70. The molecule has 0 unspecified atom stereocenters. The van der Waals surface area contributed by atoms with Crippen LogP contribution < -0.4 is 15.5 Å². The van der Waals surface area contributed by atoms with Gasteiger partial charge in [-0.1, -0.05) is 31.2 Å². The maximum atomic E-state index is 12.6. The highest BCUT2D eigenvalue weighted by Crippen LogP contribution is 2.32. The molecular weight excluding hydrogens is 416 g/mol. The number of piperidine rings is 1. The molecule has 3 heterocycles. The van der Waals surface area contributed by atoms with Gasteiger partial charge in [0, 0.05) is 30.3 Å². The molecule has 0 bridgehead atoms. The molecule has 0 spiro atoms. The molecule has 168 valence electrons. The van der Waals surface area contributed by atoms with Crippen LogP contribution in [-0.4, -0.2) is 44.5 Å². The van der Waals surface area contributed by atoms with Gasteiger partial charge < -0.3 is 14.5 Å². The highest BCUT2D eigenvalue weighted by molar-refractivity contribution is 7.91. The number of benzene rings is 1. The van der Waals surface area contributed by atoms with Gasteiger partial charge in [0.2, 0.25) is 11.2 Å². The number of hydrogen-bond acceptors (Lipinski definition) is 7. The molecule has 4 rings (SSSR count). The summed E-state index contributed by atoms with van der Waals surface area (Å²) in [4.78, 5) is 14.8. The van der Waals surface area contributed by atoms with E-state index >= 15 is 0 Å². The van der Waals surface area contributed by atoms with Crippen molar-refractivity contribution in [3.63, 3.8) is 0 Å². The predicted molar refractivity (Wildman–Crippen MR) is 119 cm³/mol. The average Bonchev–Trinajstić information content (AvgIpc) is 3.16. The van der Waals surface area contributed by atoms with Gasteiger partial charge in [-0.05, 0) is 37.1 Å². The van der Waals surface area contributed by atoms with Crippen molar-refractivity contribution >= 4 is 9.84 Å². The summed E-state index contributed by atoms with van der Waals surface area (Å²) < 4.78 is 36.1. The lowest BCUT2D eigenvalue weighted by molar-refractivity contribution is 0.123. The number of rotatable bonds is 8. The zero-order valence-electron chi connectivity index (χ0n) is 17.9. The Labute approximate surface area is 183 Å². The van der Waals surface area contributed by atoms with Crippen molar-refractivity contribution < 1.29 is 17.6 Å². The maximum absolute atomic E-state index is 12.6. The molecule has 2 aliphatic heterocycles. The summed E-state index contributed by atoms with van der Waals surface area (Å²) in [5.74, 6) is 0.923. The molecule has 7 nitrogen and oxygen atoms in total. The Morgan fingerprint density at radius 2 is 1.84 bits per heavy atom. The number of ether oxygens (including phenoxy) is 1. The number of fused-ring (bicyclic) bond motifs is 1. The Bertz CT molecular complexity index is 1050. The van der Waals surface area contributed by atoms with Gasteiger partial charge in [0.05, 0.1) is 18.9 Å². The minimum absolute atomic E-state index is 0.0805. The Morgan fingerprint density at radius 1 is 1.16 bits per heavy atom. The van der Waals surface area contributed by atoms with Gasteiger partial charge in [-0.25, -0.2) is 8.42 Å². The van der Waals surface area contributed by atoms with Gasteiger partial charge >= 0.3 is 0 Å². The van der Waals surface area contributed by atoms with E-state index in [0.29, 0.717) is 25.1 Å². The van der Waals surface area contributed by atoms with E-state index in [1.807, 2.05) is 12.1 Å². The average molecular weight is 447 g/mol. The van der Waals surface area contributed by atoms with E-state index in [9.17, 15) is 13.2 Å². The molecule has 0 saturated carbocycles. The van der Waals surface area contributed by atoms with Gasteiger partial charge in [0.1, 0.15) is 12.0 Å². The Balaban J connectivity index is 1.40. The van der Waals surface area contributed by atoms with E-state index in [4.69, 9.17) is 9.15 Å². The third-order valence-corrected chi connectivity index (χ3v) is 8.23. The quantitative estimate of drug-likeness (QED) is 0.666. The van der Waals surface area contributed by atoms with Crippen molar-refractivity contribution in [2.24, 2.45) is 5.41 Å². The fourth-order valence-corrected chi connectivity index (χ4v) is 5.96. The normalized spacial score (nSPS) is 18.6. The first-order chi connectivity index (χ1) is 14.9. The lowest BCUT2D eigenvalue weighted by Gasteiger charge is -2.36. The summed E-state index contributed by atoms with van der Waals surface area (Å²) in [6, 6.07) is 9.80. The van der Waals surface area contributed by atoms with Crippen LogP contribution in [0.4, 0.5) is 0 Å². The van der Waals surface area contributed by atoms with Crippen molar-refractivity contribution in [3.05, 3.63) is 63.7 Å². The van der Waals surface area contributed by atoms with Crippen molar-refractivity contribution in [2.75, 3.05) is 31.2 Å². The maximum Gasteiger partial charge on any atom is 0.227 e. The Hall–Kier alpha value is -2.16. The van der Waals surface area contributed by atoms with E-state index in [2.05, 4.69) is 22.3 Å². The van der Waals surface area contributed by atoms with Crippen LogP contribution >= 0.6 is 0 Å². The summed E-state index contributed by atoms with van der Waals surface area (Å²) in [6.07, 6.45) is 2.76. The minimum atomic E-state index is -3.15. The molecule has 31 heavy (non-hydrogen) atoms. The molecule has 8 heteroatoms. The summed E-state index contributed by atoms with van der Waals surface area (Å²) >= 11 is 0. The van der Waals surface area contributed by atoms with Crippen molar-refractivity contribution in [1.82, 2.24) is 10.2 Å². The van der Waals surface area contributed by atoms with E-state index in [1.165, 1.54) is 23.5 Å². The first kappa shape index (κ1) is 22.0. The molecule has 0 radical (unpaired) electrons. The second-order valence-corrected chi connectivity index (χ2v) is 11.1. The molecule has 1 saturated heterocycles. The molecular formula is C23H30N2O5S. The molecule has 0 atom stereocenters. The van der Waals surface area contributed by atoms with Crippen molar-refractivity contribution in [1.29, 1.82) is 0 Å². The standard InChI is InChI=1S/C23H30N2O5S/c1-2-31(27,28)17-23(7-9-24-10-8-23)16-30-22-15-29-20(11-21(22)26)14-25-12-18-5-3-4-6-19(18)13-25/h3-6,11,15,24H,2,7-10,12-14,16-17H2,1H3. The van der Waals surface area contributed by atoms with E-state index in [-0.39, 0.29) is 29.3 Å². The summed E-state index contributed by atoms with van der Waals surface area (Å²) in [5.41, 5.74) is 1.89. The highest BCUT2D eigenvalue weighted by Gasteiger charge is 2.37. The SMILES string of the molecule is CCS(=O)(=O)CC1(COc2coc(CN3Cc4ccccc4C3)cc2=O)CCNCC1. The second kappa shape index (κ2) is 9.14. The van der Waals surface area contributed by atoms with Crippen LogP contribution in [0, 0.1) is 5.41 Å². The number of hydrogen-bond donors (Lipinski definition) is 1. The zero-order chi connectivity index (χ0) is 21.9. The Kier molecular flexibility index (Phi) is 6.50. The fraction of sp³-hybridized carbons (Fsp3) is 0.522. The minimum Gasteiger partial charge on any atom is -0.486 e. The first-order valence-corrected chi connectivity index (χ1v) is 12.6. The number of nitrogens with zero attached hydrogens (tertiary/aromatic N) is 1. The smallest absolute Gasteiger partial charge is 0.227 e. The molecule has 0 amide bonds. The van der Waals surface area contributed by atoms with Crippen molar-refractivity contribution in [2.45, 2.75) is 39.4 Å². The topological polar surface area (TPSA) is 88.9 Å². The molecule has 1 N–H and O–H groups in total. The zero-order valence-corrected chi connectivity index (χ0v) is 18.7. The monoisotopic (exact) mass is 446 g/mol. The first-order valence-electron chi connectivity index (χ1n) is 10.8. The van der Waals surface area contributed by atoms with E-state index in [0.717, 1.165) is 26.2 Å². The van der Waals surface area contributed by atoms with Crippen LogP contribution in [0.25, 0.3) is 0 Å². The van der Waals surface area contributed by atoms with Crippen LogP contribution in [0.1, 0.15) is 36.7 Å². The van der Waals surface area contributed by atoms with Crippen LogP contribution in [-0.2, 0) is 29.5 Å². The van der Waals surface area contributed by atoms with Crippen LogP contribution in [0.2, 0.25) is 0 Å². The molecule has 0 aliphatic carbocycles. The van der Waals surface area contributed by atoms with E-state index < -0.39 is 15.3 Å². The van der Waals surface area contributed by atoms with Gasteiger partial charge in [-0.15, -0.1) is 0 Å². The van der Waals surface area contributed by atoms with E-state index in [1.54, 1.807) is 6.92 Å². The summed E-state index contributed by atoms with van der Waals surface area (Å²) in [7, 11) is -3.15. The number of sulfone groups is 1. The molecule has 1 fully saturated rings. The summed E-state index contributed by atoms with van der Waals surface area (Å²) in [6.45, 7) is 5.56. The fourth-order valence-electron chi connectivity index (χ4n) is 4.45. The van der Waals surface area contributed by atoms with Crippen LogP contribution in [0.15, 0.2) is 45.8 Å². The highest BCUT2D eigenvalue weighted by atomic mass is 32.2. The Morgan fingerprint density at radius 3 is 2.45 bits per heavy atom. The van der Waals surface area contributed by atoms with Gasteiger partial charge in [-0.2, -0.15) is 0 Å². The molecule has 2 aromatic rings. The van der Waals surface area contributed by atoms with Crippen molar-refractivity contribution in [3.8, 4) is 5.75 Å². The molecule has 1 aromatic heterocycles. The van der Waals surface area contributed by atoms with Crippen LogP contribution in [0.5, 0.6) is 5.75 Å². The van der Waals surface area contributed by atoms with Crippen LogP contribution in [0.3, 0.4) is 0 Å². The molecule has 1 aromatic carbocycles. The molecule has 2 aliphatic rings. The lowest BCUT2D eigenvalue weighted by atomic mass is 9.81. The van der Waals surface area contributed by atoms with Gasteiger partial charge in [0.25, 0.3) is 0 Å². The van der Waals surface area contributed by atoms with Gasteiger partial charge in [-0.3, -0.25) is 9.69 Å².